The number of benzene rings is 2. The molecule has 0 amide bonds. The second kappa shape index (κ2) is 4.66. The van der Waals surface area contributed by atoms with Crippen molar-refractivity contribution in [2.75, 3.05) is 0 Å². The number of fused-ring (bicyclic) bond motifs is 2. The second-order valence-corrected chi connectivity index (χ2v) is 4.55. The molecule has 20 heavy (non-hydrogen) atoms. The molecule has 2 aromatic rings. The summed E-state index contributed by atoms with van der Waals surface area (Å²) >= 11 is 0. The molecule has 0 heterocycles. The summed E-state index contributed by atoms with van der Waals surface area (Å²) in [5.74, 6) is 0. The van der Waals surface area contributed by atoms with Crippen molar-refractivity contribution in [2.45, 2.75) is 6.10 Å². The van der Waals surface area contributed by atoms with Crippen LogP contribution in [0.5, 0.6) is 0 Å². The number of nitrogens with zero attached hydrogens (tertiary/aromatic N) is 2. The summed E-state index contributed by atoms with van der Waals surface area (Å²) in [5, 5.41) is 28.9. The molecule has 0 spiro atoms. The Bertz CT molecular complexity index is 741. The van der Waals surface area contributed by atoms with E-state index in [1.807, 2.05) is 60.7 Å². The van der Waals surface area contributed by atoms with Crippen LogP contribution in [-0.2, 0) is 0 Å². The van der Waals surface area contributed by atoms with Gasteiger partial charge in [-0.2, -0.15) is 10.5 Å². The van der Waals surface area contributed by atoms with E-state index in [4.69, 9.17) is 0 Å². The lowest BCUT2D eigenvalue weighted by Gasteiger charge is -2.26. The van der Waals surface area contributed by atoms with Crippen LogP contribution in [-0.4, -0.2) is 5.11 Å². The lowest BCUT2D eigenvalue weighted by Crippen LogP contribution is -2.13. The van der Waals surface area contributed by atoms with Crippen LogP contribution in [0.15, 0.2) is 54.1 Å². The molecule has 0 aliphatic heterocycles. The van der Waals surface area contributed by atoms with Crippen molar-refractivity contribution < 1.29 is 5.11 Å². The zero-order chi connectivity index (χ0) is 14.1. The van der Waals surface area contributed by atoms with Gasteiger partial charge in [0.25, 0.3) is 0 Å². The highest BCUT2D eigenvalue weighted by atomic mass is 16.3. The third-order valence-electron chi connectivity index (χ3n) is 3.52. The maximum absolute atomic E-state index is 10.5. The van der Waals surface area contributed by atoms with E-state index in [1.54, 1.807) is 0 Å². The predicted molar refractivity (Wildman–Crippen MR) is 74.2 cm³/mol. The molecule has 1 aliphatic rings. The Labute approximate surface area is 116 Å². The van der Waals surface area contributed by atoms with Crippen LogP contribution < -0.4 is 0 Å². The number of nitriles is 2. The molecule has 1 aliphatic carbocycles. The van der Waals surface area contributed by atoms with E-state index in [9.17, 15) is 15.6 Å². The highest BCUT2D eigenvalue weighted by molar-refractivity contribution is 5.91. The lowest BCUT2D eigenvalue weighted by molar-refractivity contribution is 0.218. The van der Waals surface area contributed by atoms with Crippen LogP contribution in [0.2, 0.25) is 0 Å². The molecule has 3 nitrogen and oxygen atoms in total. The van der Waals surface area contributed by atoms with E-state index in [1.165, 1.54) is 0 Å². The van der Waals surface area contributed by atoms with E-state index >= 15 is 0 Å². The molecule has 3 heteroatoms. The standard InChI is InChI=1S/C17H10N2O/c18-9-11(10-19)16-12-5-1-3-7-14(12)17(20)15-8-4-2-6-13(15)16/h1-8,17,20H. The number of hydrogen-bond acceptors (Lipinski definition) is 3. The Balaban J connectivity index is 2.44. The monoisotopic (exact) mass is 258 g/mol. The fourth-order valence-corrected chi connectivity index (χ4v) is 2.64. The topological polar surface area (TPSA) is 67.8 Å². The van der Waals surface area contributed by atoms with Gasteiger partial charge in [-0.1, -0.05) is 48.5 Å². The van der Waals surface area contributed by atoms with Crippen molar-refractivity contribution in [3.8, 4) is 12.1 Å². The van der Waals surface area contributed by atoms with Gasteiger partial charge >= 0.3 is 0 Å². The van der Waals surface area contributed by atoms with Crippen molar-refractivity contribution in [1.29, 1.82) is 10.5 Å². The summed E-state index contributed by atoms with van der Waals surface area (Å²) in [6.45, 7) is 0. The van der Waals surface area contributed by atoms with Gasteiger partial charge in [-0.05, 0) is 22.3 Å². The largest absolute Gasteiger partial charge is 0.384 e. The van der Waals surface area contributed by atoms with E-state index in [0.717, 1.165) is 22.3 Å². The Kier molecular flexibility index (Phi) is 2.84. The van der Waals surface area contributed by atoms with E-state index < -0.39 is 6.10 Å². The molecule has 94 valence electrons. The first-order valence-electron chi connectivity index (χ1n) is 6.19. The van der Waals surface area contributed by atoms with Crippen LogP contribution in [0.1, 0.15) is 28.4 Å². The molecule has 0 fully saturated rings. The molecule has 2 aromatic carbocycles. The summed E-state index contributed by atoms with van der Waals surface area (Å²) < 4.78 is 0. The number of aliphatic hydroxyl groups excluding tert-OH is 1. The van der Waals surface area contributed by atoms with Crippen LogP contribution in [0.4, 0.5) is 0 Å². The summed E-state index contributed by atoms with van der Waals surface area (Å²) in [4.78, 5) is 0. The smallest absolute Gasteiger partial charge is 0.138 e. The fourth-order valence-electron chi connectivity index (χ4n) is 2.64. The van der Waals surface area contributed by atoms with Crippen molar-refractivity contribution in [1.82, 2.24) is 0 Å². The van der Waals surface area contributed by atoms with E-state index in [-0.39, 0.29) is 5.57 Å². The van der Waals surface area contributed by atoms with Gasteiger partial charge in [-0.25, -0.2) is 0 Å². The van der Waals surface area contributed by atoms with Crippen LogP contribution >= 0.6 is 0 Å². The quantitative estimate of drug-likeness (QED) is 0.739. The summed E-state index contributed by atoms with van der Waals surface area (Å²) in [7, 11) is 0. The van der Waals surface area contributed by atoms with E-state index in [2.05, 4.69) is 0 Å². The van der Waals surface area contributed by atoms with Crippen molar-refractivity contribution in [3.05, 3.63) is 76.4 Å². The van der Waals surface area contributed by atoms with Gasteiger partial charge in [0.2, 0.25) is 0 Å². The zero-order valence-corrected chi connectivity index (χ0v) is 10.5. The van der Waals surface area contributed by atoms with Gasteiger partial charge in [0.15, 0.2) is 0 Å². The number of hydrogen-bond donors (Lipinski definition) is 1. The first kappa shape index (κ1) is 12.2. The molecule has 0 radical (unpaired) electrons. The lowest BCUT2D eigenvalue weighted by atomic mass is 9.79. The summed E-state index contributed by atoms with van der Waals surface area (Å²) in [5.41, 5.74) is 3.62. The number of rotatable bonds is 0. The molecule has 0 saturated carbocycles. The predicted octanol–water partition coefficient (Wildman–Crippen LogP) is 2.93. The molecule has 0 saturated heterocycles. The second-order valence-electron chi connectivity index (χ2n) is 4.55. The highest BCUT2D eigenvalue weighted by Gasteiger charge is 2.28. The minimum atomic E-state index is -0.732. The maximum atomic E-state index is 10.5. The third kappa shape index (κ3) is 1.62. The minimum absolute atomic E-state index is 0.0665. The fraction of sp³-hybridized carbons (Fsp3) is 0.0588. The molecular weight excluding hydrogens is 248 g/mol. The molecule has 0 aromatic heterocycles. The van der Waals surface area contributed by atoms with Gasteiger partial charge in [0, 0.05) is 5.57 Å². The average Bonchev–Trinajstić information content (AvgIpc) is 2.51. The van der Waals surface area contributed by atoms with Crippen molar-refractivity contribution >= 4 is 5.57 Å². The first-order valence-corrected chi connectivity index (χ1v) is 6.19. The van der Waals surface area contributed by atoms with Crippen molar-refractivity contribution in [3.63, 3.8) is 0 Å². The third-order valence-corrected chi connectivity index (χ3v) is 3.52. The molecule has 1 N–H and O–H groups in total. The maximum Gasteiger partial charge on any atom is 0.138 e. The Morgan fingerprint density at radius 1 is 0.850 bits per heavy atom. The average molecular weight is 258 g/mol. The normalized spacial score (nSPS) is 15.6. The first-order chi connectivity index (χ1) is 9.77. The Morgan fingerprint density at radius 2 is 1.30 bits per heavy atom. The van der Waals surface area contributed by atoms with Crippen LogP contribution in [0, 0.1) is 22.7 Å². The highest BCUT2D eigenvalue weighted by Crippen LogP contribution is 2.42. The zero-order valence-electron chi connectivity index (χ0n) is 10.5. The van der Waals surface area contributed by atoms with Gasteiger partial charge in [0.05, 0.1) is 0 Å². The minimum Gasteiger partial charge on any atom is -0.384 e. The Morgan fingerprint density at radius 3 is 1.75 bits per heavy atom. The molecular formula is C17H10N2O. The van der Waals surface area contributed by atoms with Gasteiger partial charge in [-0.15, -0.1) is 0 Å². The number of allylic oxidation sites excluding steroid dienone is 1. The SMILES string of the molecule is N#CC(C#N)=C1c2ccccc2C(O)c2ccccc21. The molecule has 0 bridgehead atoms. The van der Waals surface area contributed by atoms with Crippen molar-refractivity contribution in [2.24, 2.45) is 0 Å². The molecule has 3 rings (SSSR count). The van der Waals surface area contributed by atoms with Gasteiger partial charge < -0.3 is 5.11 Å². The van der Waals surface area contributed by atoms with Crippen LogP contribution in [0.25, 0.3) is 5.57 Å². The summed E-state index contributed by atoms with van der Waals surface area (Å²) in [6, 6.07) is 18.6. The molecule has 0 unspecified atom stereocenters. The van der Waals surface area contributed by atoms with E-state index in [0.29, 0.717) is 5.57 Å². The molecule has 0 atom stereocenters. The Hall–Kier alpha value is -2.88. The number of aliphatic hydroxyl groups is 1. The van der Waals surface area contributed by atoms with Gasteiger partial charge in [-0.3, -0.25) is 0 Å². The summed E-state index contributed by atoms with van der Waals surface area (Å²) in [6.07, 6.45) is -0.732. The van der Waals surface area contributed by atoms with Crippen LogP contribution in [0.3, 0.4) is 0 Å². The van der Waals surface area contributed by atoms with Gasteiger partial charge in [0.1, 0.15) is 23.8 Å².